The molecule has 1 aromatic carbocycles. The quantitative estimate of drug-likeness (QED) is 0.301. The van der Waals surface area contributed by atoms with E-state index < -0.39 is 6.10 Å². The van der Waals surface area contributed by atoms with Gasteiger partial charge in [0, 0.05) is 44.7 Å². The zero-order valence-corrected chi connectivity index (χ0v) is 22.2. The summed E-state index contributed by atoms with van der Waals surface area (Å²) in [4.78, 5) is 23.1. The van der Waals surface area contributed by atoms with E-state index in [0.29, 0.717) is 35.0 Å². The second-order valence-electron chi connectivity index (χ2n) is 10.1. The Morgan fingerprint density at radius 2 is 1.92 bits per heavy atom. The summed E-state index contributed by atoms with van der Waals surface area (Å²) in [5.74, 6) is 1.56. The summed E-state index contributed by atoms with van der Waals surface area (Å²) in [7, 11) is 1.78. The van der Waals surface area contributed by atoms with Crippen LogP contribution >= 0.6 is 11.6 Å². The predicted octanol–water partition coefficient (Wildman–Crippen LogP) is 5.45. The van der Waals surface area contributed by atoms with Crippen LogP contribution in [0.5, 0.6) is 0 Å². The summed E-state index contributed by atoms with van der Waals surface area (Å²) in [5, 5.41) is 19.1. The molecule has 1 saturated carbocycles. The normalized spacial score (nSPS) is 17.9. The van der Waals surface area contributed by atoms with Crippen LogP contribution in [0.3, 0.4) is 0 Å². The second-order valence-corrected chi connectivity index (χ2v) is 10.5. The van der Waals surface area contributed by atoms with Crippen molar-refractivity contribution in [2.24, 2.45) is 11.8 Å². The van der Waals surface area contributed by atoms with Gasteiger partial charge in [0.15, 0.2) is 0 Å². The first kappa shape index (κ1) is 26.0. The molecule has 0 saturated heterocycles. The Bertz CT molecular complexity index is 1390. The largest absolute Gasteiger partial charge is 0.421 e. The molecule has 9 heteroatoms. The molecule has 8 nitrogen and oxygen atoms in total. The number of carbonyl (C=O) groups is 1. The maximum Gasteiger partial charge on any atom is 0.253 e. The van der Waals surface area contributed by atoms with Crippen LogP contribution in [0.2, 0.25) is 5.15 Å². The van der Waals surface area contributed by atoms with Crippen molar-refractivity contribution in [1.29, 1.82) is 0 Å². The molecular weight excluding hydrogens is 502 g/mol. The highest BCUT2D eigenvalue weighted by Crippen LogP contribution is 2.40. The number of halogens is 1. The Morgan fingerprint density at radius 1 is 1.11 bits per heavy atom. The molecule has 0 aliphatic heterocycles. The van der Waals surface area contributed by atoms with Gasteiger partial charge in [0.25, 0.3) is 5.91 Å². The number of aliphatic hydroxyl groups excluding tert-OH is 1. The van der Waals surface area contributed by atoms with Gasteiger partial charge in [-0.2, -0.15) is 0 Å². The van der Waals surface area contributed by atoms with Gasteiger partial charge in [-0.3, -0.25) is 9.78 Å². The number of aromatic nitrogens is 4. The standard InChI is InChI=1S/C29H30ClN5O3/c1-18-33-34-28(38-18)25-13-21(14-31-15-25)17-35(2)29(37)22-6-3-19(4-7-22)11-20-5-8-23(12-20)27(36)24-9-10-26(30)32-16-24/h3-4,6-7,9-10,13-16,20,23,27,36H,5,8,11-12,17H2,1-2H3/t20-,23-,27-/m0/s1. The van der Waals surface area contributed by atoms with Crippen molar-refractivity contribution < 1.29 is 14.3 Å². The minimum atomic E-state index is -0.521. The van der Waals surface area contributed by atoms with E-state index in [1.807, 2.05) is 36.4 Å². The molecule has 196 valence electrons. The third kappa shape index (κ3) is 6.09. The third-order valence-electron chi connectivity index (χ3n) is 7.18. The lowest BCUT2D eigenvalue weighted by molar-refractivity contribution is 0.0785. The van der Waals surface area contributed by atoms with Crippen LogP contribution in [0.4, 0.5) is 0 Å². The van der Waals surface area contributed by atoms with Gasteiger partial charge in [-0.15, -0.1) is 10.2 Å². The molecule has 4 aromatic rings. The number of hydrogen-bond acceptors (Lipinski definition) is 7. The molecule has 0 radical (unpaired) electrons. The van der Waals surface area contributed by atoms with Crippen LogP contribution in [0.1, 0.15) is 58.3 Å². The van der Waals surface area contributed by atoms with Crippen LogP contribution < -0.4 is 0 Å². The molecule has 5 rings (SSSR count). The monoisotopic (exact) mass is 531 g/mol. The van der Waals surface area contributed by atoms with Gasteiger partial charge in [-0.1, -0.05) is 29.8 Å². The maximum absolute atomic E-state index is 13.1. The highest BCUT2D eigenvalue weighted by Gasteiger charge is 2.31. The van der Waals surface area contributed by atoms with Crippen LogP contribution in [-0.4, -0.2) is 43.1 Å². The maximum atomic E-state index is 13.1. The van der Waals surface area contributed by atoms with Crippen LogP contribution in [-0.2, 0) is 13.0 Å². The Hall–Kier alpha value is -3.62. The SMILES string of the molecule is Cc1nnc(-c2cncc(CN(C)C(=O)c3ccc(C[C@@H]4CC[C@H]([C@H](O)c5ccc(Cl)nc5)C4)cc3)c2)o1. The summed E-state index contributed by atoms with van der Waals surface area (Å²) in [6.07, 6.45) is 8.49. The number of nitrogens with zero attached hydrogens (tertiary/aromatic N) is 5. The van der Waals surface area contributed by atoms with Crippen LogP contribution in [0, 0.1) is 18.8 Å². The molecule has 0 unspecified atom stereocenters. The number of aryl methyl sites for hydroxylation is 1. The molecular formula is C29H30ClN5O3. The number of pyridine rings is 2. The number of carbonyl (C=O) groups excluding carboxylic acids is 1. The Labute approximate surface area is 226 Å². The first-order valence-electron chi connectivity index (χ1n) is 12.7. The number of hydrogen-bond donors (Lipinski definition) is 1. The van der Waals surface area contributed by atoms with Gasteiger partial charge in [0.2, 0.25) is 11.8 Å². The summed E-state index contributed by atoms with van der Waals surface area (Å²) in [6.45, 7) is 2.14. The number of amides is 1. The van der Waals surface area contributed by atoms with Crippen molar-refractivity contribution in [2.45, 2.75) is 45.3 Å². The Morgan fingerprint density at radius 3 is 2.63 bits per heavy atom. The minimum Gasteiger partial charge on any atom is -0.421 e. The molecule has 0 spiro atoms. The van der Waals surface area contributed by atoms with Gasteiger partial charge in [-0.25, -0.2) is 4.98 Å². The lowest BCUT2D eigenvalue weighted by Crippen LogP contribution is -2.26. The first-order chi connectivity index (χ1) is 18.4. The van der Waals surface area contributed by atoms with Gasteiger partial charge in [0.05, 0.1) is 11.7 Å². The van der Waals surface area contributed by atoms with Gasteiger partial charge in [-0.05, 0) is 78.5 Å². The lowest BCUT2D eigenvalue weighted by Gasteiger charge is -2.19. The molecule has 1 fully saturated rings. The van der Waals surface area contributed by atoms with Gasteiger partial charge >= 0.3 is 0 Å². The highest BCUT2D eigenvalue weighted by atomic mass is 35.5. The van der Waals surface area contributed by atoms with E-state index in [-0.39, 0.29) is 11.8 Å². The zero-order valence-electron chi connectivity index (χ0n) is 21.4. The Balaban J connectivity index is 1.15. The fourth-order valence-corrected chi connectivity index (χ4v) is 5.32. The van der Waals surface area contributed by atoms with Crippen molar-refractivity contribution in [3.8, 4) is 11.5 Å². The summed E-state index contributed by atoms with van der Waals surface area (Å²) in [5.41, 5.74) is 4.25. The lowest BCUT2D eigenvalue weighted by atomic mass is 9.92. The van der Waals surface area contributed by atoms with E-state index in [4.69, 9.17) is 16.0 Å². The van der Waals surface area contributed by atoms with Gasteiger partial charge < -0.3 is 14.4 Å². The van der Waals surface area contributed by atoms with Crippen LogP contribution in [0.15, 0.2) is 65.5 Å². The van der Waals surface area contributed by atoms with E-state index in [1.165, 1.54) is 5.56 Å². The van der Waals surface area contributed by atoms with E-state index in [1.54, 1.807) is 43.5 Å². The minimum absolute atomic E-state index is 0.0591. The third-order valence-corrected chi connectivity index (χ3v) is 7.40. The molecule has 1 aliphatic carbocycles. The van der Waals surface area contributed by atoms with E-state index >= 15 is 0 Å². The first-order valence-corrected chi connectivity index (χ1v) is 13.1. The average Bonchev–Trinajstić information content (AvgIpc) is 3.58. The molecule has 1 N–H and O–H groups in total. The van der Waals surface area contributed by atoms with E-state index in [0.717, 1.165) is 42.4 Å². The summed E-state index contributed by atoms with van der Waals surface area (Å²) in [6, 6.07) is 13.3. The fourth-order valence-electron chi connectivity index (χ4n) is 5.21. The number of rotatable bonds is 8. The van der Waals surface area contributed by atoms with Crippen molar-refractivity contribution in [1.82, 2.24) is 25.1 Å². The molecule has 1 amide bonds. The molecule has 0 bridgehead atoms. The number of benzene rings is 1. The summed E-state index contributed by atoms with van der Waals surface area (Å²) < 4.78 is 5.48. The van der Waals surface area contributed by atoms with Crippen molar-refractivity contribution in [3.63, 3.8) is 0 Å². The van der Waals surface area contributed by atoms with Crippen molar-refractivity contribution in [2.75, 3.05) is 7.05 Å². The molecule has 3 heterocycles. The number of aliphatic hydroxyl groups is 1. The Kier molecular flexibility index (Phi) is 7.81. The smallest absolute Gasteiger partial charge is 0.253 e. The second kappa shape index (κ2) is 11.4. The molecule has 1 aliphatic rings. The van der Waals surface area contributed by atoms with E-state index in [2.05, 4.69) is 20.2 Å². The zero-order chi connectivity index (χ0) is 26.6. The fraction of sp³-hybridized carbons (Fsp3) is 0.345. The molecule has 3 aromatic heterocycles. The highest BCUT2D eigenvalue weighted by molar-refractivity contribution is 6.29. The molecule has 38 heavy (non-hydrogen) atoms. The van der Waals surface area contributed by atoms with Crippen molar-refractivity contribution in [3.05, 3.63) is 94.4 Å². The molecule has 3 atom stereocenters. The predicted molar refractivity (Wildman–Crippen MR) is 143 cm³/mol. The summed E-state index contributed by atoms with van der Waals surface area (Å²) >= 11 is 5.88. The average molecular weight is 532 g/mol. The van der Waals surface area contributed by atoms with Crippen LogP contribution in [0.25, 0.3) is 11.5 Å². The van der Waals surface area contributed by atoms with Crippen molar-refractivity contribution >= 4 is 17.5 Å². The topological polar surface area (TPSA) is 105 Å². The van der Waals surface area contributed by atoms with E-state index in [9.17, 15) is 9.90 Å². The van der Waals surface area contributed by atoms with Gasteiger partial charge in [0.1, 0.15) is 5.15 Å².